The number of hydrogen-bond acceptors (Lipinski definition) is 6. The molecule has 1 saturated heterocycles. The van der Waals surface area contributed by atoms with Crippen LogP contribution in [0.15, 0.2) is 62.6 Å². The summed E-state index contributed by atoms with van der Waals surface area (Å²) in [6.45, 7) is 0.149. The Morgan fingerprint density at radius 2 is 1.73 bits per heavy atom. The van der Waals surface area contributed by atoms with Gasteiger partial charge in [-0.1, -0.05) is 40.2 Å². The molecular weight excluding hydrogens is 558 g/mol. The Balaban J connectivity index is 1.36. The third-order valence-corrected chi connectivity index (χ3v) is 7.43. The maximum Gasteiger partial charge on any atom is 0.312 e. The van der Waals surface area contributed by atoms with Crippen LogP contribution in [0.4, 0.5) is 5.69 Å². The Labute approximate surface area is 205 Å². The number of carbonyl (C=O) groups excluding carboxylic acids is 2. The Morgan fingerprint density at radius 3 is 2.33 bits per heavy atom. The standard InChI is InChI=1S/C23H17Br2N3O5/c24-16-5-1-12(2-6-16)11-33-21-17(25)7-13(8-18(21)28(31)32)10-26-27-22(29)19-14-3-4-15(9-14)20(19)23(27)30/h1-8,10,14-15,19-20H,9,11H2/t14-,15-,19-,20+/m0/s1. The predicted molar refractivity (Wildman–Crippen MR) is 126 cm³/mol. The van der Waals surface area contributed by atoms with E-state index in [1.807, 2.05) is 36.4 Å². The van der Waals surface area contributed by atoms with E-state index in [4.69, 9.17) is 4.74 Å². The molecule has 2 fully saturated rings. The van der Waals surface area contributed by atoms with E-state index in [1.165, 1.54) is 12.3 Å². The Hall–Kier alpha value is -2.85. The SMILES string of the molecule is O=C1[C@@H]2[C@H](C(=O)N1N=Cc1cc(Br)c(OCc3ccc(Br)cc3)c([N+](=O)[O-])c1)[C@H]1C=C[C@H]2C1. The van der Waals surface area contributed by atoms with Gasteiger partial charge in [0, 0.05) is 16.1 Å². The number of hydrazone groups is 1. The van der Waals surface area contributed by atoms with Crippen LogP contribution in [0.5, 0.6) is 5.75 Å². The van der Waals surface area contributed by atoms with Crippen molar-refractivity contribution in [2.24, 2.45) is 28.8 Å². The van der Waals surface area contributed by atoms with E-state index in [-0.39, 0.29) is 53.5 Å². The monoisotopic (exact) mass is 573 g/mol. The summed E-state index contributed by atoms with van der Waals surface area (Å²) in [5.74, 6) is -1.03. The van der Waals surface area contributed by atoms with E-state index < -0.39 is 4.92 Å². The highest BCUT2D eigenvalue weighted by atomic mass is 79.9. The number of fused-ring (bicyclic) bond motifs is 5. The molecule has 8 nitrogen and oxygen atoms in total. The number of rotatable bonds is 6. The van der Waals surface area contributed by atoms with Crippen LogP contribution >= 0.6 is 31.9 Å². The maximum atomic E-state index is 12.8. The van der Waals surface area contributed by atoms with Crippen LogP contribution in [0.2, 0.25) is 0 Å². The molecule has 0 spiro atoms. The van der Waals surface area contributed by atoms with Gasteiger partial charge >= 0.3 is 5.69 Å². The maximum absolute atomic E-state index is 12.8. The zero-order valence-corrected chi connectivity index (χ0v) is 20.2. The minimum atomic E-state index is -0.543. The van der Waals surface area contributed by atoms with Crippen LogP contribution in [0.1, 0.15) is 17.5 Å². The van der Waals surface area contributed by atoms with Crippen molar-refractivity contribution in [3.05, 3.63) is 78.7 Å². The fourth-order valence-electron chi connectivity index (χ4n) is 4.81. The Kier molecular flexibility index (Phi) is 5.65. The van der Waals surface area contributed by atoms with E-state index in [1.54, 1.807) is 6.07 Å². The van der Waals surface area contributed by atoms with Crippen LogP contribution in [-0.4, -0.2) is 28.0 Å². The number of benzene rings is 2. The number of amides is 2. The lowest BCUT2D eigenvalue weighted by Gasteiger charge is -2.13. The van der Waals surface area contributed by atoms with E-state index in [2.05, 4.69) is 37.0 Å². The summed E-state index contributed by atoms with van der Waals surface area (Å²) in [6, 6.07) is 10.3. The van der Waals surface area contributed by atoms with Gasteiger partial charge in [-0.2, -0.15) is 10.1 Å². The molecule has 2 amide bonds. The number of hydrogen-bond donors (Lipinski definition) is 0. The first-order valence-corrected chi connectivity index (χ1v) is 11.9. The fourth-order valence-corrected chi connectivity index (χ4v) is 5.66. The van der Waals surface area contributed by atoms with Gasteiger partial charge in [0.2, 0.25) is 5.75 Å². The smallest absolute Gasteiger partial charge is 0.312 e. The summed E-state index contributed by atoms with van der Waals surface area (Å²) in [5.41, 5.74) is 0.967. The first-order chi connectivity index (χ1) is 15.8. The summed E-state index contributed by atoms with van der Waals surface area (Å²) in [7, 11) is 0. The number of nitrogens with zero attached hydrogens (tertiary/aromatic N) is 3. The van der Waals surface area contributed by atoms with E-state index in [9.17, 15) is 19.7 Å². The molecule has 5 rings (SSSR count). The first kappa shape index (κ1) is 22.0. The van der Waals surface area contributed by atoms with Gasteiger partial charge in [-0.25, -0.2) is 0 Å². The predicted octanol–water partition coefficient (Wildman–Crippen LogP) is 4.84. The van der Waals surface area contributed by atoms with Crippen molar-refractivity contribution in [3.8, 4) is 5.75 Å². The summed E-state index contributed by atoms with van der Waals surface area (Å²) in [6.07, 6.45) is 6.16. The van der Waals surface area contributed by atoms with Gasteiger partial charge in [0.05, 0.1) is 27.4 Å². The first-order valence-electron chi connectivity index (χ1n) is 10.3. The second-order valence-electron chi connectivity index (χ2n) is 8.26. The number of ether oxygens (including phenoxy) is 1. The van der Waals surface area contributed by atoms with Crippen LogP contribution in [0.25, 0.3) is 0 Å². The third-order valence-electron chi connectivity index (χ3n) is 6.31. The molecule has 2 aliphatic carbocycles. The molecule has 1 saturated carbocycles. The molecule has 0 radical (unpaired) electrons. The lowest BCUT2D eigenvalue weighted by molar-refractivity contribution is -0.386. The lowest BCUT2D eigenvalue weighted by Crippen LogP contribution is -2.28. The molecule has 1 aliphatic heterocycles. The molecule has 10 heteroatoms. The van der Waals surface area contributed by atoms with Gasteiger partial charge in [0.1, 0.15) is 6.61 Å². The highest BCUT2D eigenvalue weighted by Crippen LogP contribution is 2.52. The summed E-state index contributed by atoms with van der Waals surface area (Å²) in [4.78, 5) is 36.7. The molecule has 0 unspecified atom stereocenters. The van der Waals surface area contributed by atoms with Gasteiger partial charge in [0.15, 0.2) is 0 Å². The molecule has 2 aromatic rings. The van der Waals surface area contributed by atoms with Crippen molar-refractivity contribution >= 4 is 55.6 Å². The lowest BCUT2D eigenvalue weighted by atomic mass is 9.85. The molecule has 168 valence electrons. The number of nitro benzene ring substituents is 1. The fraction of sp³-hybridized carbons (Fsp3) is 0.261. The van der Waals surface area contributed by atoms with Crippen molar-refractivity contribution in [1.82, 2.24) is 5.01 Å². The second-order valence-corrected chi connectivity index (χ2v) is 10.0. The van der Waals surface area contributed by atoms with Crippen LogP contribution in [0.3, 0.4) is 0 Å². The number of halogens is 2. The van der Waals surface area contributed by atoms with E-state index >= 15 is 0 Å². The molecule has 3 aliphatic rings. The van der Waals surface area contributed by atoms with Crippen molar-refractivity contribution in [3.63, 3.8) is 0 Å². The van der Waals surface area contributed by atoms with Crippen LogP contribution in [-0.2, 0) is 16.2 Å². The zero-order chi connectivity index (χ0) is 23.3. The molecule has 0 N–H and O–H groups in total. The minimum Gasteiger partial charge on any atom is -0.481 e. The van der Waals surface area contributed by atoms with Gasteiger partial charge in [-0.05, 0) is 57.9 Å². The van der Waals surface area contributed by atoms with Gasteiger partial charge < -0.3 is 4.74 Å². The summed E-state index contributed by atoms with van der Waals surface area (Å²) in [5, 5.41) is 16.7. The molecule has 33 heavy (non-hydrogen) atoms. The third kappa shape index (κ3) is 3.91. The molecule has 2 bridgehead atoms. The number of allylic oxidation sites excluding steroid dienone is 2. The molecule has 4 atom stereocenters. The Morgan fingerprint density at radius 1 is 1.09 bits per heavy atom. The Bertz CT molecular complexity index is 1200. The normalized spacial score (nSPS) is 25.3. The molecule has 0 aromatic heterocycles. The van der Waals surface area contributed by atoms with Crippen molar-refractivity contribution in [1.29, 1.82) is 0 Å². The topological polar surface area (TPSA) is 102 Å². The number of imide groups is 1. The highest BCUT2D eigenvalue weighted by Gasteiger charge is 2.59. The largest absolute Gasteiger partial charge is 0.481 e. The quantitative estimate of drug-likeness (QED) is 0.161. The zero-order valence-electron chi connectivity index (χ0n) is 17.1. The van der Waals surface area contributed by atoms with Gasteiger partial charge in [0.25, 0.3) is 11.8 Å². The van der Waals surface area contributed by atoms with E-state index in [0.29, 0.717) is 10.0 Å². The number of nitro groups is 1. The number of carbonyl (C=O) groups is 2. The van der Waals surface area contributed by atoms with Gasteiger partial charge in [-0.15, -0.1) is 0 Å². The van der Waals surface area contributed by atoms with Crippen molar-refractivity contribution in [2.75, 3.05) is 0 Å². The second kappa shape index (κ2) is 8.49. The van der Waals surface area contributed by atoms with Crippen molar-refractivity contribution < 1.29 is 19.2 Å². The minimum absolute atomic E-state index is 0.0885. The summed E-state index contributed by atoms with van der Waals surface area (Å²) < 4.78 is 7.02. The van der Waals surface area contributed by atoms with Crippen molar-refractivity contribution in [2.45, 2.75) is 13.0 Å². The average Bonchev–Trinajstić information content (AvgIpc) is 3.46. The molecule has 2 aromatic carbocycles. The highest BCUT2D eigenvalue weighted by molar-refractivity contribution is 9.10. The molecule has 1 heterocycles. The van der Waals surface area contributed by atoms with E-state index in [0.717, 1.165) is 21.5 Å². The van der Waals surface area contributed by atoms with Crippen LogP contribution in [0, 0.1) is 33.8 Å². The average molecular weight is 575 g/mol. The van der Waals surface area contributed by atoms with Crippen LogP contribution < -0.4 is 4.74 Å². The summed E-state index contributed by atoms with van der Waals surface area (Å²) >= 11 is 6.70. The van der Waals surface area contributed by atoms with Gasteiger partial charge in [-0.3, -0.25) is 19.7 Å². The molecular formula is C23H17Br2N3O5.